The van der Waals surface area contributed by atoms with Crippen LogP contribution in [-0.2, 0) is 23.2 Å². The number of aryl methyl sites for hydroxylation is 2. The van der Waals surface area contributed by atoms with E-state index >= 15 is 0 Å². The fraction of sp³-hybridized carbons (Fsp3) is 0.550. The van der Waals surface area contributed by atoms with Crippen LogP contribution in [0.5, 0.6) is 0 Å². The van der Waals surface area contributed by atoms with Gasteiger partial charge in [0, 0.05) is 52.2 Å². The molecule has 0 saturated carbocycles. The maximum absolute atomic E-state index is 12.8. The number of likely N-dealkylation sites (tertiary alicyclic amines) is 1. The highest BCUT2D eigenvalue weighted by atomic mass is 16.2. The van der Waals surface area contributed by atoms with Gasteiger partial charge in [-0.15, -0.1) is 0 Å². The van der Waals surface area contributed by atoms with E-state index in [2.05, 4.69) is 5.32 Å². The molecule has 2 aliphatic heterocycles. The molecule has 3 heterocycles. The van der Waals surface area contributed by atoms with Crippen molar-refractivity contribution in [1.29, 1.82) is 0 Å². The van der Waals surface area contributed by atoms with Gasteiger partial charge in [0.05, 0.1) is 17.6 Å². The number of carbonyl (C=O) groups is 2. The van der Waals surface area contributed by atoms with Crippen LogP contribution in [0.15, 0.2) is 29.1 Å². The minimum Gasteiger partial charge on any atom is -0.341 e. The van der Waals surface area contributed by atoms with E-state index < -0.39 is 0 Å². The second-order valence-corrected chi connectivity index (χ2v) is 7.63. The number of hydrogen-bond donors (Lipinski definition) is 1. The van der Waals surface area contributed by atoms with Gasteiger partial charge in [-0.1, -0.05) is 12.1 Å². The van der Waals surface area contributed by atoms with Gasteiger partial charge in [-0.05, 0) is 25.0 Å². The molecule has 1 aromatic carbocycles. The zero-order chi connectivity index (χ0) is 19.7. The van der Waals surface area contributed by atoms with Gasteiger partial charge in [0.2, 0.25) is 11.8 Å². The molecule has 8 heteroatoms. The van der Waals surface area contributed by atoms with Crippen LogP contribution in [0.4, 0.5) is 0 Å². The van der Waals surface area contributed by atoms with Gasteiger partial charge in [0.25, 0.3) is 0 Å². The third kappa shape index (κ3) is 3.44. The molecule has 0 aliphatic carbocycles. The van der Waals surface area contributed by atoms with Gasteiger partial charge in [0.1, 0.15) is 0 Å². The molecule has 0 spiro atoms. The van der Waals surface area contributed by atoms with Crippen molar-refractivity contribution in [3.63, 3.8) is 0 Å². The van der Waals surface area contributed by atoms with Crippen molar-refractivity contribution >= 4 is 22.8 Å². The van der Waals surface area contributed by atoms with Crippen molar-refractivity contribution in [3.8, 4) is 0 Å². The molecule has 0 bridgehead atoms. The molecule has 1 atom stereocenters. The van der Waals surface area contributed by atoms with Crippen molar-refractivity contribution in [3.05, 3.63) is 34.7 Å². The number of carbonyl (C=O) groups excluding carboxylic acids is 2. The van der Waals surface area contributed by atoms with Gasteiger partial charge in [0.15, 0.2) is 0 Å². The molecule has 2 aromatic rings. The van der Waals surface area contributed by atoms with Gasteiger partial charge in [-0.25, -0.2) is 4.79 Å². The minimum absolute atomic E-state index is 0.0483. The fourth-order valence-corrected chi connectivity index (χ4v) is 4.39. The summed E-state index contributed by atoms with van der Waals surface area (Å²) in [6, 6.07) is 7.73. The first-order valence-electron chi connectivity index (χ1n) is 9.98. The number of fused-ring (bicyclic) bond motifs is 1. The monoisotopic (exact) mass is 385 g/mol. The van der Waals surface area contributed by atoms with Crippen LogP contribution in [0.3, 0.4) is 0 Å². The lowest BCUT2D eigenvalue weighted by atomic mass is 10.0. The van der Waals surface area contributed by atoms with E-state index in [-0.39, 0.29) is 30.0 Å². The second-order valence-electron chi connectivity index (χ2n) is 7.63. The van der Waals surface area contributed by atoms with E-state index in [4.69, 9.17) is 0 Å². The Labute approximate surface area is 163 Å². The number of imidazole rings is 1. The van der Waals surface area contributed by atoms with E-state index in [1.165, 1.54) is 0 Å². The van der Waals surface area contributed by atoms with Crippen LogP contribution in [0.1, 0.15) is 19.3 Å². The van der Waals surface area contributed by atoms with Crippen molar-refractivity contribution in [2.45, 2.75) is 31.8 Å². The maximum Gasteiger partial charge on any atom is 0.328 e. The Morgan fingerprint density at radius 1 is 1.18 bits per heavy atom. The van der Waals surface area contributed by atoms with E-state index in [9.17, 15) is 14.4 Å². The largest absolute Gasteiger partial charge is 0.341 e. The molecule has 2 amide bonds. The lowest BCUT2D eigenvalue weighted by molar-refractivity contribution is -0.140. The van der Waals surface area contributed by atoms with E-state index in [1.54, 1.807) is 16.2 Å². The summed E-state index contributed by atoms with van der Waals surface area (Å²) < 4.78 is 3.29. The number of piperazine rings is 1. The zero-order valence-corrected chi connectivity index (χ0v) is 16.3. The van der Waals surface area contributed by atoms with E-state index in [0.717, 1.165) is 37.0 Å². The summed E-state index contributed by atoms with van der Waals surface area (Å²) in [5.74, 6) is 0.167. The molecule has 8 nitrogen and oxygen atoms in total. The normalized spacial score (nSPS) is 20.8. The number of nitrogens with one attached hydrogen (secondary N) is 1. The van der Waals surface area contributed by atoms with Gasteiger partial charge in [-0.3, -0.25) is 18.7 Å². The van der Waals surface area contributed by atoms with Crippen molar-refractivity contribution in [1.82, 2.24) is 24.3 Å². The average molecular weight is 385 g/mol. The number of rotatable bonds is 4. The quantitative estimate of drug-likeness (QED) is 0.813. The Morgan fingerprint density at radius 2 is 1.96 bits per heavy atom. The summed E-state index contributed by atoms with van der Waals surface area (Å²) in [4.78, 5) is 41.3. The van der Waals surface area contributed by atoms with Crippen LogP contribution in [0.25, 0.3) is 11.0 Å². The number of benzene rings is 1. The summed E-state index contributed by atoms with van der Waals surface area (Å²) in [6.07, 6.45) is 2.14. The van der Waals surface area contributed by atoms with Crippen LogP contribution in [0.2, 0.25) is 0 Å². The number of amides is 2. The predicted molar refractivity (Wildman–Crippen MR) is 106 cm³/mol. The third-order valence-electron chi connectivity index (χ3n) is 5.92. The molecule has 1 N–H and O–H groups in total. The molecule has 2 saturated heterocycles. The maximum atomic E-state index is 12.8. The Kier molecular flexibility index (Phi) is 5.21. The van der Waals surface area contributed by atoms with E-state index in [1.807, 2.05) is 34.1 Å². The molecule has 4 rings (SSSR count). The number of aromatic nitrogens is 2. The van der Waals surface area contributed by atoms with Crippen LogP contribution >= 0.6 is 0 Å². The Hall–Kier alpha value is -2.61. The highest BCUT2D eigenvalue weighted by Crippen LogP contribution is 2.18. The molecule has 2 fully saturated rings. The SMILES string of the molecule is Cn1c(=O)n(CCC(=O)N2CCCC(N3CCNCC3=O)C2)c2ccccc21. The molecule has 1 unspecified atom stereocenters. The van der Waals surface area contributed by atoms with Crippen molar-refractivity contribution in [2.24, 2.45) is 7.05 Å². The molecule has 0 radical (unpaired) electrons. The average Bonchev–Trinajstić information content (AvgIpc) is 2.97. The summed E-state index contributed by atoms with van der Waals surface area (Å²) in [7, 11) is 1.75. The summed E-state index contributed by atoms with van der Waals surface area (Å²) in [6.45, 7) is 3.58. The Balaban J connectivity index is 1.42. The standard InChI is InChI=1S/C20H27N5O3/c1-22-16-6-2-3-7-17(16)25(20(22)28)11-8-18(26)23-10-4-5-15(14-23)24-12-9-21-13-19(24)27/h2-3,6-7,15,21H,4-5,8-14H2,1H3. The fourth-order valence-electron chi connectivity index (χ4n) is 4.39. The number of hydrogen-bond acceptors (Lipinski definition) is 4. The van der Waals surface area contributed by atoms with E-state index in [0.29, 0.717) is 26.2 Å². The predicted octanol–water partition coefficient (Wildman–Crippen LogP) is 0.153. The van der Waals surface area contributed by atoms with Crippen LogP contribution in [-0.4, -0.2) is 69.5 Å². The third-order valence-corrected chi connectivity index (χ3v) is 5.92. The molecule has 150 valence electrons. The van der Waals surface area contributed by atoms with Crippen molar-refractivity contribution < 1.29 is 9.59 Å². The number of nitrogens with zero attached hydrogens (tertiary/aromatic N) is 4. The Bertz CT molecular complexity index is 947. The topological polar surface area (TPSA) is 79.6 Å². The summed E-state index contributed by atoms with van der Waals surface area (Å²) in [5, 5.41) is 3.09. The first-order valence-corrected chi connectivity index (χ1v) is 9.98. The Morgan fingerprint density at radius 3 is 2.75 bits per heavy atom. The molecule has 1 aromatic heterocycles. The second kappa shape index (κ2) is 7.79. The van der Waals surface area contributed by atoms with Gasteiger partial charge < -0.3 is 15.1 Å². The minimum atomic E-state index is -0.100. The summed E-state index contributed by atoms with van der Waals surface area (Å²) in [5.41, 5.74) is 1.62. The number of piperidine rings is 1. The highest BCUT2D eigenvalue weighted by Gasteiger charge is 2.31. The first kappa shape index (κ1) is 18.7. The zero-order valence-electron chi connectivity index (χ0n) is 16.3. The van der Waals surface area contributed by atoms with Gasteiger partial charge in [-0.2, -0.15) is 0 Å². The van der Waals surface area contributed by atoms with Crippen LogP contribution in [0, 0.1) is 0 Å². The lowest BCUT2D eigenvalue weighted by Gasteiger charge is -2.41. The first-order chi connectivity index (χ1) is 13.6. The highest BCUT2D eigenvalue weighted by molar-refractivity contribution is 5.80. The smallest absolute Gasteiger partial charge is 0.328 e. The molecule has 2 aliphatic rings. The van der Waals surface area contributed by atoms with Crippen LogP contribution < -0.4 is 11.0 Å². The number of para-hydroxylation sites is 2. The van der Waals surface area contributed by atoms with Gasteiger partial charge >= 0.3 is 5.69 Å². The summed E-state index contributed by atoms with van der Waals surface area (Å²) >= 11 is 0. The lowest BCUT2D eigenvalue weighted by Crippen LogP contribution is -2.57. The molecular formula is C20H27N5O3. The molecular weight excluding hydrogens is 358 g/mol. The molecule has 28 heavy (non-hydrogen) atoms. The van der Waals surface area contributed by atoms with Crippen molar-refractivity contribution in [2.75, 3.05) is 32.7 Å².